The number of rotatable bonds is 3. The maximum atomic E-state index is 12.1. The number of carbonyl (C=O) groups is 1. The van der Waals surface area contributed by atoms with Crippen molar-refractivity contribution in [3.63, 3.8) is 0 Å². The molecule has 1 saturated heterocycles. The van der Waals surface area contributed by atoms with E-state index in [4.69, 9.17) is 4.74 Å². The lowest BCUT2D eigenvalue weighted by atomic mass is 10.0. The van der Waals surface area contributed by atoms with Crippen molar-refractivity contribution >= 4 is 5.91 Å². The van der Waals surface area contributed by atoms with Crippen molar-refractivity contribution in [2.24, 2.45) is 5.92 Å². The summed E-state index contributed by atoms with van der Waals surface area (Å²) in [5, 5.41) is 0. The topological polar surface area (TPSA) is 29.5 Å². The van der Waals surface area contributed by atoms with Gasteiger partial charge in [0.1, 0.15) is 0 Å². The van der Waals surface area contributed by atoms with Crippen molar-refractivity contribution in [1.29, 1.82) is 0 Å². The lowest BCUT2D eigenvalue weighted by Crippen LogP contribution is -2.42. The summed E-state index contributed by atoms with van der Waals surface area (Å²) < 4.78 is 41.7. The number of ether oxygens (including phenoxy) is 1. The molecule has 0 aromatic heterocycles. The van der Waals surface area contributed by atoms with E-state index in [1.54, 1.807) is 6.92 Å². The molecule has 1 heterocycles. The minimum absolute atomic E-state index is 0.0246. The fourth-order valence-electron chi connectivity index (χ4n) is 1.90. The van der Waals surface area contributed by atoms with Gasteiger partial charge >= 0.3 is 12.1 Å². The minimum atomic E-state index is -4.79. The van der Waals surface area contributed by atoms with Gasteiger partial charge in [-0.05, 0) is 18.8 Å². The van der Waals surface area contributed by atoms with Crippen LogP contribution in [0.3, 0.4) is 0 Å². The maximum absolute atomic E-state index is 12.1. The van der Waals surface area contributed by atoms with E-state index in [1.165, 1.54) is 7.05 Å². The molecule has 0 saturated carbocycles. The summed E-state index contributed by atoms with van der Waals surface area (Å²) in [5.41, 5.74) is 0. The molecule has 0 aromatic rings. The van der Waals surface area contributed by atoms with E-state index in [1.807, 2.05) is 0 Å². The van der Waals surface area contributed by atoms with Crippen molar-refractivity contribution in [2.75, 3.05) is 20.2 Å². The summed E-state index contributed by atoms with van der Waals surface area (Å²) in [6.07, 6.45) is -3.02. The first-order valence-electron chi connectivity index (χ1n) is 5.26. The number of amides is 1. The molecule has 0 aromatic carbocycles. The second-order valence-electron chi connectivity index (χ2n) is 4.21. The molecule has 2 unspecified atom stereocenters. The number of carbonyl (C=O) groups excluding carboxylic acids is 1. The molecule has 3 nitrogen and oxygen atoms in total. The molecule has 0 aliphatic carbocycles. The van der Waals surface area contributed by atoms with E-state index in [-0.39, 0.29) is 18.6 Å². The summed E-state index contributed by atoms with van der Waals surface area (Å²) in [6.45, 7) is 2.53. The highest BCUT2D eigenvalue weighted by Gasteiger charge is 2.41. The predicted octanol–water partition coefficient (Wildman–Crippen LogP) is 1.82. The van der Waals surface area contributed by atoms with E-state index in [0.717, 1.165) is 12.8 Å². The zero-order valence-electron chi connectivity index (χ0n) is 9.38. The first kappa shape index (κ1) is 13.3. The van der Waals surface area contributed by atoms with Gasteiger partial charge in [-0.15, -0.1) is 0 Å². The van der Waals surface area contributed by atoms with Crippen LogP contribution >= 0.6 is 0 Å². The Balaban J connectivity index is 2.44. The van der Waals surface area contributed by atoms with Crippen molar-refractivity contribution in [3.8, 4) is 0 Å². The molecule has 94 valence electrons. The molecule has 0 spiro atoms. The normalized spacial score (nSPS) is 23.2. The molecule has 16 heavy (non-hydrogen) atoms. The van der Waals surface area contributed by atoms with Gasteiger partial charge in [0.15, 0.2) is 0 Å². The van der Waals surface area contributed by atoms with Crippen molar-refractivity contribution in [2.45, 2.75) is 32.0 Å². The summed E-state index contributed by atoms with van der Waals surface area (Å²) in [7, 11) is 1.17. The maximum Gasteiger partial charge on any atom is 0.471 e. The molecular formula is C10H16F3NO2. The molecule has 1 aliphatic rings. The second-order valence-corrected chi connectivity index (χ2v) is 4.21. The first-order chi connectivity index (χ1) is 7.32. The molecule has 6 heteroatoms. The SMILES string of the molecule is CC(CN(C)C(=O)C(F)(F)F)C1CCCO1. The number of halogens is 3. The van der Waals surface area contributed by atoms with Gasteiger partial charge in [-0.3, -0.25) is 4.79 Å². The minimum Gasteiger partial charge on any atom is -0.378 e. The van der Waals surface area contributed by atoms with E-state index < -0.39 is 12.1 Å². The molecule has 0 bridgehead atoms. The highest BCUT2D eigenvalue weighted by atomic mass is 19.4. The molecule has 0 N–H and O–H groups in total. The summed E-state index contributed by atoms with van der Waals surface area (Å²) in [5.74, 6) is -1.86. The van der Waals surface area contributed by atoms with E-state index in [2.05, 4.69) is 0 Å². The number of nitrogens with zero attached hydrogens (tertiary/aromatic N) is 1. The number of alkyl halides is 3. The highest BCUT2D eigenvalue weighted by molar-refractivity contribution is 5.81. The Bertz CT molecular complexity index is 249. The van der Waals surface area contributed by atoms with Crippen LogP contribution in [0.5, 0.6) is 0 Å². The smallest absolute Gasteiger partial charge is 0.378 e. The van der Waals surface area contributed by atoms with Crippen LogP contribution in [-0.4, -0.2) is 43.3 Å². The van der Waals surface area contributed by atoms with E-state index >= 15 is 0 Å². The monoisotopic (exact) mass is 239 g/mol. The Labute approximate surface area is 92.5 Å². The molecule has 1 rings (SSSR count). The molecule has 1 fully saturated rings. The van der Waals surface area contributed by atoms with Gasteiger partial charge < -0.3 is 9.64 Å². The van der Waals surface area contributed by atoms with Crippen molar-refractivity contribution < 1.29 is 22.7 Å². The average Bonchev–Trinajstić information content (AvgIpc) is 2.67. The first-order valence-corrected chi connectivity index (χ1v) is 5.26. The summed E-state index contributed by atoms with van der Waals surface area (Å²) >= 11 is 0. The fourth-order valence-corrected chi connectivity index (χ4v) is 1.90. The van der Waals surface area contributed by atoms with Crippen LogP contribution in [-0.2, 0) is 9.53 Å². The van der Waals surface area contributed by atoms with Crippen LogP contribution < -0.4 is 0 Å². The lowest BCUT2D eigenvalue weighted by Gasteiger charge is -2.25. The quantitative estimate of drug-likeness (QED) is 0.751. The fraction of sp³-hybridized carbons (Fsp3) is 0.900. The van der Waals surface area contributed by atoms with Crippen LogP contribution in [0.15, 0.2) is 0 Å². The Morgan fingerprint density at radius 3 is 2.62 bits per heavy atom. The molecular weight excluding hydrogens is 223 g/mol. The summed E-state index contributed by atoms with van der Waals surface area (Å²) in [4.78, 5) is 11.6. The van der Waals surface area contributed by atoms with E-state index in [9.17, 15) is 18.0 Å². The third-order valence-electron chi connectivity index (χ3n) is 2.75. The largest absolute Gasteiger partial charge is 0.471 e. The van der Waals surface area contributed by atoms with Gasteiger partial charge in [-0.2, -0.15) is 13.2 Å². The molecule has 0 radical (unpaired) electrons. The van der Waals surface area contributed by atoms with Gasteiger partial charge in [0.05, 0.1) is 6.10 Å². The Hall–Kier alpha value is -0.780. The number of hydrogen-bond acceptors (Lipinski definition) is 2. The van der Waals surface area contributed by atoms with Crippen LogP contribution in [0.1, 0.15) is 19.8 Å². The Kier molecular flexibility index (Phi) is 4.18. The van der Waals surface area contributed by atoms with Crippen LogP contribution in [0.25, 0.3) is 0 Å². The van der Waals surface area contributed by atoms with Crippen molar-refractivity contribution in [3.05, 3.63) is 0 Å². The predicted molar refractivity (Wildman–Crippen MR) is 51.8 cm³/mol. The zero-order valence-corrected chi connectivity index (χ0v) is 9.38. The summed E-state index contributed by atoms with van der Waals surface area (Å²) in [6, 6.07) is 0. The molecule has 2 atom stereocenters. The third-order valence-corrected chi connectivity index (χ3v) is 2.75. The van der Waals surface area contributed by atoms with Gasteiger partial charge in [0, 0.05) is 20.2 Å². The third kappa shape index (κ3) is 3.37. The van der Waals surface area contributed by atoms with Gasteiger partial charge in [0.25, 0.3) is 0 Å². The molecule has 1 amide bonds. The second kappa shape index (κ2) is 5.03. The van der Waals surface area contributed by atoms with Gasteiger partial charge in [0.2, 0.25) is 0 Å². The lowest BCUT2D eigenvalue weighted by molar-refractivity contribution is -0.184. The van der Waals surface area contributed by atoms with Crippen LogP contribution in [0.4, 0.5) is 13.2 Å². The van der Waals surface area contributed by atoms with E-state index in [0.29, 0.717) is 11.5 Å². The Morgan fingerprint density at radius 2 is 2.19 bits per heavy atom. The highest BCUT2D eigenvalue weighted by Crippen LogP contribution is 2.23. The van der Waals surface area contributed by atoms with Crippen LogP contribution in [0.2, 0.25) is 0 Å². The average molecular weight is 239 g/mol. The Morgan fingerprint density at radius 1 is 1.56 bits per heavy atom. The van der Waals surface area contributed by atoms with Crippen molar-refractivity contribution in [1.82, 2.24) is 4.90 Å². The van der Waals surface area contributed by atoms with Gasteiger partial charge in [-0.1, -0.05) is 6.92 Å². The zero-order chi connectivity index (χ0) is 12.3. The number of hydrogen-bond donors (Lipinski definition) is 0. The standard InChI is InChI=1S/C10H16F3NO2/c1-7(8-4-3-5-16-8)6-14(2)9(15)10(11,12)13/h7-8H,3-6H2,1-2H3. The van der Waals surface area contributed by atoms with Gasteiger partial charge in [-0.25, -0.2) is 0 Å². The molecule has 1 aliphatic heterocycles. The van der Waals surface area contributed by atoms with Crippen LogP contribution in [0, 0.1) is 5.92 Å².